The van der Waals surface area contributed by atoms with Crippen molar-refractivity contribution in [3.63, 3.8) is 0 Å². The van der Waals surface area contributed by atoms with Crippen LogP contribution < -0.4 is 0 Å². The van der Waals surface area contributed by atoms with Gasteiger partial charge in [0.05, 0.1) is 5.57 Å². The number of carbonyl (C=O) groups is 1. The van der Waals surface area contributed by atoms with Gasteiger partial charge in [0.25, 0.3) is 0 Å². The van der Waals surface area contributed by atoms with Crippen LogP contribution in [-0.4, -0.2) is 5.97 Å². The SMILES string of the molecule is O=C1OC(c2cccc3ccccc23)=C/C1=C/c1ccc(Br)cc1. The minimum absolute atomic E-state index is 0.319. The van der Waals surface area contributed by atoms with Crippen molar-refractivity contribution in [2.75, 3.05) is 0 Å². The highest BCUT2D eigenvalue weighted by Crippen LogP contribution is 2.32. The molecule has 3 aromatic rings. The number of rotatable bonds is 2. The molecule has 2 nitrogen and oxygen atoms in total. The van der Waals surface area contributed by atoms with E-state index in [1.165, 1.54) is 0 Å². The van der Waals surface area contributed by atoms with Gasteiger partial charge in [-0.2, -0.15) is 0 Å². The van der Waals surface area contributed by atoms with E-state index in [1.54, 1.807) is 0 Å². The summed E-state index contributed by atoms with van der Waals surface area (Å²) in [5, 5.41) is 2.20. The van der Waals surface area contributed by atoms with Crippen LogP contribution in [0.15, 0.2) is 82.9 Å². The molecule has 0 radical (unpaired) electrons. The summed E-state index contributed by atoms with van der Waals surface area (Å²) in [6, 6.07) is 21.9. The highest BCUT2D eigenvalue weighted by Gasteiger charge is 2.23. The van der Waals surface area contributed by atoms with Crippen LogP contribution in [0.2, 0.25) is 0 Å². The Labute approximate surface area is 148 Å². The van der Waals surface area contributed by atoms with Crippen molar-refractivity contribution in [1.29, 1.82) is 0 Å². The van der Waals surface area contributed by atoms with Crippen molar-refractivity contribution >= 4 is 44.5 Å². The molecule has 0 aromatic heterocycles. The van der Waals surface area contributed by atoms with Crippen LogP contribution in [0.5, 0.6) is 0 Å². The van der Waals surface area contributed by atoms with E-state index < -0.39 is 0 Å². The van der Waals surface area contributed by atoms with Gasteiger partial charge >= 0.3 is 5.97 Å². The normalized spacial score (nSPS) is 15.6. The second-order valence-corrected chi connectivity index (χ2v) is 6.49. The molecule has 116 valence electrons. The smallest absolute Gasteiger partial charge is 0.343 e. The minimum Gasteiger partial charge on any atom is -0.422 e. The van der Waals surface area contributed by atoms with Crippen molar-refractivity contribution in [1.82, 2.24) is 0 Å². The van der Waals surface area contributed by atoms with E-state index in [9.17, 15) is 4.79 Å². The number of fused-ring (bicyclic) bond motifs is 1. The first kappa shape index (κ1) is 14.9. The summed E-state index contributed by atoms with van der Waals surface area (Å²) < 4.78 is 6.51. The summed E-state index contributed by atoms with van der Waals surface area (Å²) in [4.78, 5) is 12.2. The summed E-state index contributed by atoms with van der Waals surface area (Å²) in [5.74, 6) is 0.279. The topological polar surface area (TPSA) is 26.3 Å². The lowest BCUT2D eigenvalue weighted by Gasteiger charge is -2.06. The van der Waals surface area contributed by atoms with Gasteiger partial charge in [0.15, 0.2) is 0 Å². The molecule has 1 aliphatic heterocycles. The lowest BCUT2D eigenvalue weighted by Crippen LogP contribution is -1.97. The van der Waals surface area contributed by atoms with E-state index in [2.05, 4.69) is 28.1 Å². The lowest BCUT2D eigenvalue weighted by atomic mass is 10.0. The highest BCUT2D eigenvalue weighted by atomic mass is 79.9. The maximum atomic E-state index is 12.2. The molecule has 0 atom stereocenters. The van der Waals surface area contributed by atoms with Crippen molar-refractivity contribution < 1.29 is 9.53 Å². The van der Waals surface area contributed by atoms with Crippen LogP contribution in [0.4, 0.5) is 0 Å². The number of benzene rings is 3. The van der Waals surface area contributed by atoms with E-state index in [1.807, 2.05) is 66.7 Å². The molecule has 0 bridgehead atoms. The van der Waals surface area contributed by atoms with Crippen LogP contribution in [0.1, 0.15) is 11.1 Å². The van der Waals surface area contributed by atoms with E-state index in [0.29, 0.717) is 11.3 Å². The maximum Gasteiger partial charge on any atom is 0.343 e. The van der Waals surface area contributed by atoms with Gasteiger partial charge < -0.3 is 4.74 Å². The molecule has 3 aromatic carbocycles. The fraction of sp³-hybridized carbons (Fsp3) is 0. The van der Waals surface area contributed by atoms with Gasteiger partial charge in [-0.25, -0.2) is 4.79 Å². The van der Waals surface area contributed by atoms with Crippen LogP contribution in [0.3, 0.4) is 0 Å². The summed E-state index contributed by atoms with van der Waals surface area (Å²) in [6.45, 7) is 0. The third-order valence-electron chi connectivity index (χ3n) is 3.97. The monoisotopic (exact) mass is 376 g/mol. The Morgan fingerprint density at radius 1 is 0.875 bits per heavy atom. The van der Waals surface area contributed by atoms with Gasteiger partial charge in [-0.3, -0.25) is 0 Å². The number of ether oxygens (including phenoxy) is 1. The fourth-order valence-corrected chi connectivity index (χ4v) is 3.06. The molecule has 1 aliphatic rings. The Hall–Kier alpha value is -2.65. The van der Waals surface area contributed by atoms with Gasteiger partial charge in [0, 0.05) is 10.0 Å². The maximum absolute atomic E-state index is 12.2. The van der Waals surface area contributed by atoms with Crippen LogP contribution in [0.25, 0.3) is 22.6 Å². The lowest BCUT2D eigenvalue weighted by molar-refractivity contribution is -0.130. The predicted molar refractivity (Wildman–Crippen MR) is 100 cm³/mol. The van der Waals surface area contributed by atoms with Crippen molar-refractivity contribution in [3.05, 3.63) is 94.0 Å². The van der Waals surface area contributed by atoms with Gasteiger partial charge in [-0.05, 0) is 40.6 Å². The standard InChI is InChI=1S/C21H13BrO2/c22-17-10-8-14(9-11-17)12-16-13-20(24-21(16)23)19-7-3-5-15-4-1-2-6-18(15)19/h1-13H/b16-12-. The van der Waals surface area contributed by atoms with Crippen LogP contribution >= 0.6 is 15.9 Å². The third kappa shape index (κ3) is 2.79. The molecule has 0 saturated heterocycles. The first-order chi connectivity index (χ1) is 11.7. The molecule has 0 spiro atoms. The van der Waals surface area contributed by atoms with Crippen molar-refractivity contribution in [3.8, 4) is 0 Å². The van der Waals surface area contributed by atoms with Gasteiger partial charge in [0.1, 0.15) is 5.76 Å². The van der Waals surface area contributed by atoms with Crippen molar-refractivity contribution in [2.45, 2.75) is 0 Å². The molecule has 0 fully saturated rings. The average molecular weight is 377 g/mol. The molecular weight excluding hydrogens is 364 g/mol. The second kappa shape index (κ2) is 6.10. The largest absolute Gasteiger partial charge is 0.422 e. The average Bonchev–Trinajstić information content (AvgIpc) is 2.97. The molecule has 3 heteroatoms. The molecule has 4 rings (SSSR count). The number of cyclic esters (lactones) is 1. The number of carbonyl (C=O) groups excluding carboxylic acids is 1. The quantitative estimate of drug-likeness (QED) is 0.430. The summed E-state index contributed by atoms with van der Waals surface area (Å²) in [7, 11) is 0. The molecule has 0 aliphatic carbocycles. The molecule has 0 unspecified atom stereocenters. The Balaban J connectivity index is 1.77. The number of hydrogen-bond acceptors (Lipinski definition) is 2. The summed E-state index contributed by atoms with van der Waals surface area (Å²) in [6.07, 6.45) is 3.65. The number of hydrogen-bond donors (Lipinski definition) is 0. The second-order valence-electron chi connectivity index (χ2n) is 5.58. The van der Waals surface area contributed by atoms with E-state index in [4.69, 9.17) is 4.74 Å². The Morgan fingerprint density at radius 2 is 1.62 bits per heavy atom. The van der Waals surface area contributed by atoms with E-state index in [-0.39, 0.29) is 5.97 Å². The molecule has 1 heterocycles. The molecule has 24 heavy (non-hydrogen) atoms. The van der Waals surface area contributed by atoms with E-state index in [0.717, 1.165) is 26.4 Å². The fourth-order valence-electron chi connectivity index (χ4n) is 2.80. The number of halogens is 1. The molecular formula is C21H13BrO2. The Bertz CT molecular complexity index is 993. The Kier molecular flexibility index (Phi) is 3.79. The van der Waals surface area contributed by atoms with Crippen LogP contribution in [-0.2, 0) is 9.53 Å². The zero-order chi connectivity index (χ0) is 16.5. The Morgan fingerprint density at radius 3 is 2.46 bits per heavy atom. The third-order valence-corrected chi connectivity index (χ3v) is 4.50. The van der Waals surface area contributed by atoms with Crippen molar-refractivity contribution in [2.24, 2.45) is 0 Å². The first-order valence-electron chi connectivity index (χ1n) is 7.60. The summed E-state index contributed by atoms with van der Waals surface area (Å²) >= 11 is 3.41. The summed E-state index contributed by atoms with van der Waals surface area (Å²) in [5.41, 5.74) is 2.45. The zero-order valence-electron chi connectivity index (χ0n) is 12.7. The first-order valence-corrected chi connectivity index (χ1v) is 8.39. The number of esters is 1. The van der Waals surface area contributed by atoms with Gasteiger partial charge in [-0.1, -0.05) is 70.5 Å². The van der Waals surface area contributed by atoms with Gasteiger partial charge in [-0.15, -0.1) is 0 Å². The highest BCUT2D eigenvalue weighted by molar-refractivity contribution is 9.10. The molecule has 0 saturated carbocycles. The van der Waals surface area contributed by atoms with E-state index >= 15 is 0 Å². The predicted octanol–water partition coefficient (Wildman–Crippen LogP) is 5.58. The molecule has 0 N–H and O–H groups in total. The zero-order valence-corrected chi connectivity index (χ0v) is 14.3. The van der Waals surface area contributed by atoms with Gasteiger partial charge in [0.2, 0.25) is 0 Å². The molecule has 0 amide bonds. The van der Waals surface area contributed by atoms with Crippen LogP contribution in [0, 0.1) is 0 Å². The minimum atomic E-state index is -0.319.